The summed E-state index contributed by atoms with van der Waals surface area (Å²) in [6.07, 6.45) is 1.07. The maximum absolute atomic E-state index is 13.3. The van der Waals surface area contributed by atoms with Gasteiger partial charge in [-0.15, -0.1) is 0 Å². The minimum Gasteiger partial charge on any atom is -0.448 e. The van der Waals surface area contributed by atoms with Crippen LogP contribution in [-0.4, -0.2) is 56.3 Å². The van der Waals surface area contributed by atoms with Crippen LogP contribution in [-0.2, 0) is 14.6 Å². The molecule has 0 aromatic heterocycles. The molecule has 2 atom stereocenters. The average molecular weight is 457 g/mol. The van der Waals surface area contributed by atoms with Crippen molar-refractivity contribution in [1.82, 2.24) is 4.90 Å². The summed E-state index contributed by atoms with van der Waals surface area (Å²) in [5.74, 6) is -0.376. The van der Waals surface area contributed by atoms with Gasteiger partial charge in [0.15, 0.2) is 9.84 Å². The van der Waals surface area contributed by atoms with Gasteiger partial charge < -0.3 is 9.64 Å². The second kappa shape index (κ2) is 8.58. The van der Waals surface area contributed by atoms with Gasteiger partial charge in [-0.25, -0.2) is 13.2 Å². The van der Waals surface area contributed by atoms with Crippen LogP contribution >= 0.6 is 0 Å². The predicted molar refractivity (Wildman–Crippen MR) is 122 cm³/mol. The lowest BCUT2D eigenvalue weighted by Crippen LogP contribution is -2.49. The fraction of sp³-hybridized carbons (Fsp3) is 0.417. The summed E-state index contributed by atoms with van der Waals surface area (Å²) >= 11 is 0. The molecular formula is C24H28N2O5S. The van der Waals surface area contributed by atoms with Crippen LogP contribution < -0.4 is 4.90 Å². The molecule has 1 saturated heterocycles. The standard InChI is InChI=1S/C24H28N2O5S/c1-16-14-20-22(15-17(16)2)26(18(3)21-10-7-11-25(21)23(20)27)24(28)31-12-13-32(29,30)19-8-5-4-6-9-19/h4-6,8-9,14-15,18,21H,7,10-13H2,1-3H3/t18-,21-/m0/s1. The Hall–Kier alpha value is -2.87. The second-order valence-corrected chi connectivity index (χ2v) is 10.6. The van der Waals surface area contributed by atoms with Crippen molar-refractivity contribution in [2.24, 2.45) is 0 Å². The van der Waals surface area contributed by atoms with E-state index < -0.39 is 15.9 Å². The smallest absolute Gasteiger partial charge is 0.414 e. The molecule has 0 radical (unpaired) electrons. The molecule has 2 aliphatic rings. The maximum atomic E-state index is 13.3. The van der Waals surface area contributed by atoms with Crippen LogP contribution in [0.1, 0.15) is 41.3 Å². The number of amides is 2. The molecule has 2 aliphatic heterocycles. The Bertz CT molecular complexity index is 1150. The number of sulfone groups is 1. The van der Waals surface area contributed by atoms with Crippen molar-refractivity contribution < 1.29 is 22.7 Å². The van der Waals surface area contributed by atoms with Crippen LogP contribution in [0.25, 0.3) is 0 Å². The zero-order valence-corrected chi connectivity index (χ0v) is 19.4. The SMILES string of the molecule is Cc1cc2c(cc1C)N(C(=O)OCCS(=O)(=O)c1ccccc1)[C@@H](C)[C@@H]1CCCN1C2=O. The summed E-state index contributed by atoms with van der Waals surface area (Å²) in [4.78, 5) is 30.1. The van der Waals surface area contributed by atoms with Crippen LogP contribution in [0, 0.1) is 13.8 Å². The highest BCUT2D eigenvalue weighted by Gasteiger charge is 2.43. The molecule has 7 nitrogen and oxygen atoms in total. The molecule has 0 unspecified atom stereocenters. The topological polar surface area (TPSA) is 84.0 Å². The van der Waals surface area contributed by atoms with E-state index in [0.717, 1.165) is 24.0 Å². The van der Waals surface area contributed by atoms with Crippen LogP contribution in [0.15, 0.2) is 47.4 Å². The summed E-state index contributed by atoms with van der Waals surface area (Å²) in [7, 11) is -3.56. The van der Waals surface area contributed by atoms with Gasteiger partial charge in [-0.1, -0.05) is 18.2 Å². The first-order valence-electron chi connectivity index (χ1n) is 10.9. The molecule has 2 heterocycles. The highest BCUT2D eigenvalue weighted by Crippen LogP contribution is 2.37. The third-order valence-electron chi connectivity index (χ3n) is 6.50. The van der Waals surface area contributed by atoms with E-state index in [2.05, 4.69) is 0 Å². The van der Waals surface area contributed by atoms with Gasteiger partial charge in [0.25, 0.3) is 5.91 Å². The van der Waals surface area contributed by atoms with E-state index in [0.29, 0.717) is 17.8 Å². The van der Waals surface area contributed by atoms with Gasteiger partial charge in [0, 0.05) is 6.54 Å². The first-order chi connectivity index (χ1) is 15.2. The highest BCUT2D eigenvalue weighted by atomic mass is 32.2. The van der Waals surface area contributed by atoms with Crippen LogP contribution in [0.5, 0.6) is 0 Å². The largest absolute Gasteiger partial charge is 0.448 e. The summed E-state index contributed by atoms with van der Waals surface area (Å²) in [6, 6.07) is 11.4. The van der Waals surface area contributed by atoms with Gasteiger partial charge >= 0.3 is 6.09 Å². The number of ether oxygens (including phenoxy) is 1. The van der Waals surface area contributed by atoms with Crippen molar-refractivity contribution in [1.29, 1.82) is 0 Å². The van der Waals surface area contributed by atoms with Gasteiger partial charge in [-0.2, -0.15) is 0 Å². The minimum absolute atomic E-state index is 0.0700. The first-order valence-corrected chi connectivity index (χ1v) is 12.5. The number of rotatable bonds is 4. The van der Waals surface area contributed by atoms with Crippen molar-refractivity contribution >= 4 is 27.5 Å². The summed E-state index contributed by atoms with van der Waals surface area (Å²) in [6.45, 7) is 6.20. The molecule has 4 rings (SSSR count). The maximum Gasteiger partial charge on any atom is 0.414 e. The van der Waals surface area contributed by atoms with Crippen molar-refractivity contribution in [2.75, 3.05) is 23.8 Å². The number of anilines is 1. The Balaban J connectivity index is 1.60. The van der Waals surface area contributed by atoms with Gasteiger partial charge in [-0.05, 0) is 69.0 Å². The molecule has 8 heteroatoms. The van der Waals surface area contributed by atoms with Crippen LogP contribution in [0.3, 0.4) is 0 Å². The Morgan fingerprint density at radius 1 is 1.12 bits per heavy atom. The third-order valence-corrected chi connectivity index (χ3v) is 8.20. The molecule has 2 amide bonds. The quantitative estimate of drug-likeness (QED) is 0.700. The fourth-order valence-corrected chi connectivity index (χ4v) is 5.69. The zero-order chi connectivity index (χ0) is 23.0. The van der Waals surface area contributed by atoms with Crippen LogP contribution in [0.2, 0.25) is 0 Å². The number of hydrogen-bond donors (Lipinski definition) is 0. The summed E-state index contributed by atoms with van der Waals surface area (Å²) in [5.41, 5.74) is 2.95. The Morgan fingerprint density at radius 3 is 2.53 bits per heavy atom. The molecule has 0 bridgehead atoms. The van der Waals surface area contributed by atoms with E-state index in [1.54, 1.807) is 18.2 Å². The van der Waals surface area contributed by atoms with Crippen molar-refractivity contribution in [2.45, 2.75) is 50.6 Å². The van der Waals surface area contributed by atoms with E-state index in [1.165, 1.54) is 17.0 Å². The van der Waals surface area contributed by atoms with E-state index in [1.807, 2.05) is 37.8 Å². The molecule has 0 saturated carbocycles. The second-order valence-electron chi connectivity index (χ2n) is 8.52. The van der Waals surface area contributed by atoms with E-state index in [4.69, 9.17) is 4.74 Å². The molecule has 2 aromatic carbocycles. The van der Waals surface area contributed by atoms with E-state index >= 15 is 0 Å². The lowest BCUT2D eigenvalue weighted by molar-refractivity contribution is 0.0728. The Kier molecular flexibility index (Phi) is 5.99. The molecule has 0 spiro atoms. The molecule has 170 valence electrons. The number of nitrogens with zero attached hydrogens (tertiary/aromatic N) is 2. The molecule has 2 aromatic rings. The van der Waals surface area contributed by atoms with Gasteiger partial charge in [-0.3, -0.25) is 9.69 Å². The molecule has 32 heavy (non-hydrogen) atoms. The average Bonchev–Trinajstić information content (AvgIpc) is 3.23. The molecule has 1 fully saturated rings. The normalized spacial score (nSPS) is 20.5. The van der Waals surface area contributed by atoms with Crippen molar-refractivity contribution in [3.05, 3.63) is 59.2 Å². The number of carbonyl (C=O) groups is 2. The molecule has 0 N–H and O–H groups in total. The Labute approximate surface area is 188 Å². The van der Waals surface area contributed by atoms with Gasteiger partial charge in [0.05, 0.1) is 34.0 Å². The minimum atomic E-state index is -3.56. The van der Waals surface area contributed by atoms with Crippen molar-refractivity contribution in [3.8, 4) is 0 Å². The molecule has 0 aliphatic carbocycles. The summed E-state index contributed by atoms with van der Waals surface area (Å²) < 4.78 is 30.5. The van der Waals surface area contributed by atoms with Gasteiger partial charge in [0.2, 0.25) is 0 Å². The molecular weight excluding hydrogens is 428 g/mol. The third kappa shape index (κ3) is 3.99. The predicted octanol–water partition coefficient (Wildman–Crippen LogP) is 3.73. The lowest BCUT2D eigenvalue weighted by atomic mass is 10.0. The first kappa shape index (κ1) is 22.3. The fourth-order valence-electron chi connectivity index (χ4n) is 4.58. The number of hydrogen-bond acceptors (Lipinski definition) is 5. The Morgan fingerprint density at radius 2 is 1.81 bits per heavy atom. The summed E-state index contributed by atoms with van der Waals surface area (Å²) in [5, 5.41) is 0. The lowest BCUT2D eigenvalue weighted by Gasteiger charge is -2.33. The van der Waals surface area contributed by atoms with Crippen molar-refractivity contribution in [3.63, 3.8) is 0 Å². The number of fused-ring (bicyclic) bond motifs is 2. The monoisotopic (exact) mass is 456 g/mol. The number of aryl methyl sites for hydroxylation is 2. The van der Waals surface area contributed by atoms with Gasteiger partial charge in [0.1, 0.15) is 6.61 Å². The number of benzene rings is 2. The highest BCUT2D eigenvalue weighted by molar-refractivity contribution is 7.91. The zero-order valence-electron chi connectivity index (χ0n) is 18.6. The van der Waals surface area contributed by atoms with E-state index in [9.17, 15) is 18.0 Å². The van der Waals surface area contributed by atoms with E-state index in [-0.39, 0.29) is 35.2 Å². The number of carbonyl (C=O) groups excluding carboxylic acids is 2. The van der Waals surface area contributed by atoms with Crippen LogP contribution in [0.4, 0.5) is 10.5 Å².